The van der Waals surface area contributed by atoms with E-state index in [9.17, 15) is 4.79 Å². The second-order valence-corrected chi connectivity index (χ2v) is 7.51. The molecule has 4 nitrogen and oxygen atoms in total. The van der Waals surface area contributed by atoms with E-state index in [-0.39, 0.29) is 28.3 Å². The van der Waals surface area contributed by atoms with Gasteiger partial charge in [-0.1, -0.05) is 43.0 Å². The van der Waals surface area contributed by atoms with Crippen molar-refractivity contribution < 1.29 is 9.53 Å². The topological polar surface area (TPSA) is 76.2 Å². The quantitative estimate of drug-likeness (QED) is 0.626. The van der Waals surface area contributed by atoms with Crippen LogP contribution in [0.1, 0.15) is 48.5 Å². The monoisotopic (exact) mass is 354 g/mol. The molecule has 0 spiro atoms. The van der Waals surface area contributed by atoms with Crippen LogP contribution in [0.3, 0.4) is 0 Å². The predicted octanol–water partition coefficient (Wildman–Crippen LogP) is 4.24. The molecule has 6 heteroatoms. The van der Waals surface area contributed by atoms with Crippen LogP contribution in [-0.4, -0.2) is 18.2 Å². The van der Waals surface area contributed by atoms with Crippen LogP contribution in [0.5, 0.6) is 5.75 Å². The van der Waals surface area contributed by atoms with Gasteiger partial charge in [0.25, 0.3) is 0 Å². The first kappa shape index (κ1) is 16.6. The Morgan fingerprint density at radius 3 is 2.65 bits per heavy atom. The van der Waals surface area contributed by atoms with E-state index in [4.69, 9.17) is 39.1 Å². The number of hydrogen-bond acceptors (Lipinski definition) is 3. The van der Waals surface area contributed by atoms with E-state index in [1.165, 1.54) is 12.8 Å². The van der Waals surface area contributed by atoms with Gasteiger partial charge in [0, 0.05) is 11.0 Å². The van der Waals surface area contributed by atoms with Gasteiger partial charge in [0.05, 0.1) is 5.02 Å². The Hall–Kier alpha value is -1.26. The molecule has 0 amide bonds. The Kier molecular flexibility index (Phi) is 4.32. The van der Waals surface area contributed by atoms with Gasteiger partial charge < -0.3 is 10.5 Å². The molecule has 1 saturated carbocycles. The van der Waals surface area contributed by atoms with Crippen LogP contribution in [0.2, 0.25) is 10.0 Å². The number of rotatable bonds is 4. The number of nitrogens with two attached hydrogens (primary N) is 1. The summed E-state index contributed by atoms with van der Waals surface area (Å²) in [5.74, 6) is 0.793. The highest BCUT2D eigenvalue weighted by Gasteiger charge is 2.49. The predicted molar refractivity (Wildman–Crippen MR) is 92.0 cm³/mol. The lowest BCUT2D eigenvalue weighted by molar-refractivity contribution is 0.0744. The first-order chi connectivity index (χ1) is 10.8. The standard InChI is InChI=1S/C17H20Cl2N2O2/c1-17(10-4-2-3-5-10)7-9-6-11(23-8-12(20)21)14(18)15(19)13(9)16(17)22/h6,10H,2-5,7-8H2,1H3,(H3,20,21). The molecule has 3 N–H and O–H groups in total. The van der Waals surface area contributed by atoms with Crippen LogP contribution < -0.4 is 10.5 Å². The van der Waals surface area contributed by atoms with Crippen molar-refractivity contribution >= 4 is 34.8 Å². The largest absolute Gasteiger partial charge is 0.484 e. The Morgan fingerprint density at radius 1 is 1.39 bits per heavy atom. The number of fused-ring (bicyclic) bond motifs is 1. The summed E-state index contributed by atoms with van der Waals surface area (Å²) < 4.78 is 5.46. The summed E-state index contributed by atoms with van der Waals surface area (Å²) in [5, 5.41) is 7.73. The summed E-state index contributed by atoms with van der Waals surface area (Å²) in [6.45, 7) is 1.99. The van der Waals surface area contributed by atoms with Crippen molar-refractivity contribution in [3.8, 4) is 5.75 Å². The molecule has 1 aromatic carbocycles. The minimum Gasteiger partial charge on any atom is -0.484 e. The average molecular weight is 355 g/mol. The molecule has 1 aromatic rings. The third-order valence-electron chi connectivity index (χ3n) is 5.20. The van der Waals surface area contributed by atoms with Gasteiger partial charge in [-0.2, -0.15) is 0 Å². The smallest absolute Gasteiger partial charge is 0.171 e. The van der Waals surface area contributed by atoms with Gasteiger partial charge in [0.2, 0.25) is 0 Å². The number of amidine groups is 1. The van der Waals surface area contributed by atoms with Gasteiger partial charge >= 0.3 is 0 Å². The maximum Gasteiger partial charge on any atom is 0.171 e. The van der Waals surface area contributed by atoms with Crippen molar-refractivity contribution in [1.82, 2.24) is 0 Å². The van der Waals surface area contributed by atoms with Crippen LogP contribution in [0.4, 0.5) is 0 Å². The molecule has 23 heavy (non-hydrogen) atoms. The second-order valence-electron chi connectivity index (χ2n) is 6.76. The van der Waals surface area contributed by atoms with Crippen LogP contribution in [0.25, 0.3) is 0 Å². The number of benzene rings is 1. The Labute approximate surface area is 145 Å². The van der Waals surface area contributed by atoms with E-state index >= 15 is 0 Å². The summed E-state index contributed by atoms with van der Waals surface area (Å²) in [7, 11) is 0. The van der Waals surface area contributed by atoms with Gasteiger partial charge in [0.15, 0.2) is 5.78 Å². The third kappa shape index (κ3) is 2.72. The van der Waals surface area contributed by atoms with E-state index in [0.29, 0.717) is 23.7 Å². The van der Waals surface area contributed by atoms with Gasteiger partial charge in [-0.3, -0.25) is 10.2 Å². The highest BCUT2D eigenvalue weighted by atomic mass is 35.5. The Morgan fingerprint density at radius 2 is 2.04 bits per heavy atom. The molecule has 2 aliphatic rings. The molecule has 1 fully saturated rings. The molecule has 0 heterocycles. The van der Waals surface area contributed by atoms with E-state index in [0.717, 1.165) is 18.4 Å². The molecule has 0 aliphatic heterocycles. The highest BCUT2D eigenvalue weighted by Crippen LogP contribution is 2.52. The number of halogens is 2. The summed E-state index contributed by atoms with van der Waals surface area (Å²) in [5.41, 5.74) is 6.35. The third-order valence-corrected chi connectivity index (χ3v) is 6.05. The minimum absolute atomic E-state index is 0.0529. The van der Waals surface area contributed by atoms with Crippen molar-refractivity contribution in [2.75, 3.05) is 6.61 Å². The first-order valence-electron chi connectivity index (χ1n) is 7.86. The van der Waals surface area contributed by atoms with Crippen LogP contribution in [0, 0.1) is 16.7 Å². The van der Waals surface area contributed by atoms with E-state index < -0.39 is 5.41 Å². The zero-order chi connectivity index (χ0) is 16.8. The molecule has 0 saturated heterocycles. The fourth-order valence-corrected chi connectivity index (χ4v) is 4.46. The second kappa shape index (κ2) is 5.99. The van der Waals surface area contributed by atoms with Crippen LogP contribution >= 0.6 is 23.2 Å². The first-order valence-corrected chi connectivity index (χ1v) is 8.61. The molecule has 0 radical (unpaired) electrons. The van der Waals surface area contributed by atoms with Gasteiger partial charge in [-0.15, -0.1) is 0 Å². The van der Waals surface area contributed by atoms with E-state index in [1.54, 1.807) is 6.07 Å². The molecule has 1 unspecified atom stereocenters. The molecule has 124 valence electrons. The maximum atomic E-state index is 13.0. The molecule has 1 atom stereocenters. The van der Waals surface area contributed by atoms with Gasteiger partial charge in [-0.05, 0) is 36.8 Å². The Bertz CT molecular complexity index is 684. The molecule has 0 aromatic heterocycles. The van der Waals surface area contributed by atoms with Crippen molar-refractivity contribution in [3.05, 3.63) is 27.2 Å². The molecule has 3 rings (SSSR count). The molecule has 2 aliphatic carbocycles. The summed E-state index contributed by atoms with van der Waals surface area (Å²) >= 11 is 12.6. The maximum absolute atomic E-state index is 13.0. The number of carbonyl (C=O) groups excluding carboxylic acids is 1. The normalized spacial score (nSPS) is 24.0. The number of hydrogen-bond donors (Lipinski definition) is 2. The average Bonchev–Trinajstić information content (AvgIpc) is 3.10. The number of nitrogens with one attached hydrogen (secondary N) is 1. The van der Waals surface area contributed by atoms with E-state index in [1.807, 2.05) is 6.92 Å². The number of Topliss-reactive ketones (excluding diaryl/α,β-unsaturated/α-hetero) is 1. The van der Waals surface area contributed by atoms with E-state index in [2.05, 4.69) is 0 Å². The lowest BCUT2D eigenvalue weighted by Crippen LogP contribution is -2.32. The number of carbonyl (C=O) groups is 1. The number of ketones is 1. The lowest BCUT2D eigenvalue weighted by atomic mass is 9.73. The lowest BCUT2D eigenvalue weighted by Gasteiger charge is -2.29. The van der Waals surface area contributed by atoms with Crippen LogP contribution in [0.15, 0.2) is 6.07 Å². The molecular weight excluding hydrogens is 335 g/mol. The zero-order valence-electron chi connectivity index (χ0n) is 13.0. The molecular formula is C17H20Cl2N2O2. The Balaban J connectivity index is 1.98. The summed E-state index contributed by atoms with van der Waals surface area (Å²) in [4.78, 5) is 13.0. The van der Waals surface area contributed by atoms with Crippen molar-refractivity contribution in [2.24, 2.45) is 17.1 Å². The van der Waals surface area contributed by atoms with Crippen molar-refractivity contribution in [3.63, 3.8) is 0 Å². The fourth-order valence-electron chi connectivity index (χ4n) is 3.95. The molecule has 0 bridgehead atoms. The zero-order valence-corrected chi connectivity index (χ0v) is 14.6. The fraction of sp³-hybridized carbons (Fsp3) is 0.529. The van der Waals surface area contributed by atoms with Gasteiger partial charge in [0.1, 0.15) is 23.2 Å². The summed E-state index contributed by atoms with van der Waals surface area (Å²) in [6, 6.07) is 1.78. The van der Waals surface area contributed by atoms with Crippen molar-refractivity contribution in [2.45, 2.75) is 39.0 Å². The highest BCUT2D eigenvalue weighted by molar-refractivity contribution is 6.45. The minimum atomic E-state index is -0.398. The number of ether oxygens (including phenoxy) is 1. The van der Waals surface area contributed by atoms with Gasteiger partial charge in [-0.25, -0.2) is 0 Å². The SMILES string of the molecule is CC1(C2CCCC2)Cc2cc(OCC(=N)N)c(Cl)c(Cl)c2C1=O. The van der Waals surface area contributed by atoms with Crippen LogP contribution in [-0.2, 0) is 6.42 Å². The van der Waals surface area contributed by atoms with Crippen molar-refractivity contribution in [1.29, 1.82) is 5.41 Å². The summed E-state index contributed by atoms with van der Waals surface area (Å²) in [6.07, 6.45) is 5.22.